The molecule has 17 heavy (non-hydrogen) atoms. The number of anilines is 1. The zero-order chi connectivity index (χ0) is 12.3. The van der Waals surface area contributed by atoms with Gasteiger partial charge in [-0.3, -0.25) is 4.90 Å². The van der Waals surface area contributed by atoms with Crippen molar-refractivity contribution in [1.29, 1.82) is 0 Å². The largest absolute Gasteiger partial charge is 0.384 e. The normalized spacial score (nSPS) is 11.0. The molecule has 2 rings (SSSR count). The van der Waals surface area contributed by atoms with Crippen molar-refractivity contribution in [3.63, 3.8) is 0 Å². The number of hydrogen-bond acceptors (Lipinski definition) is 4. The molecule has 0 saturated heterocycles. The van der Waals surface area contributed by atoms with Crippen molar-refractivity contribution in [2.45, 2.75) is 13.1 Å². The number of thiophene rings is 1. The fourth-order valence-corrected chi connectivity index (χ4v) is 2.90. The summed E-state index contributed by atoms with van der Waals surface area (Å²) in [6.07, 6.45) is 1.75. The van der Waals surface area contributed by atoms with E-state index < -0.39 is 0 Å². The van der Waals surface area contributed by atoms with Crippen LogP contribution in [0.3, 0.4) is 0 Å². The number of nitrogens with two attached hydrogens (primary N) is 1. The monoisotopic (exact) mass is 311 g/mol. The average molecular weight is 312 g/mol. The fraction of sp³-hybridized carbons (Fsp3) is 0.250. The van der Waals surface area contributed by atoms with Crippen LogP contribution in [-0.4, -0.2) is 16.9 Å². The molecule has 3 nitrogen and oxygen atoms in total. The summed E-state index contributed by atoms with van der Waals surface area (Å²) >= 11 is 5.19. The summed E-state index contributed by atoms with van der Waals surface area (Å²) in [6.45, 7) is 1.81. The Morgan fingerprint density at radius 2 is 2.12 bits per heavy atom. The standard InChI is InChI=1S/C12H14BrN3S/c1-16(7-10-4-11(13)17-8-10)6-9-2-3-15-12(14)5-9/h2-5,8H,6-7H2,1H3,(H2,14,15). The van der Waals surface area contributed by atoms with E-state index in [9.17, 15) is 0 Å². The quantitative estimate of drug-likeness (QED) is 0.943. The van der Waals surface area contributed by atoms with Gasteiger partial charge in [-0.05, 0) is 57.7 Å². The molecular formula is C12H14BrN3S. The maximum absolute atomic E-state index is 5.66. The highest BCUT2D eigenvalue weighted by Crippen LogP contribution is 2.21. The Hall–Kier alpha value is -0.910. The van der Waals surface area contributed by atoms with Crippen molar-refractivity contribution in [3.05, 3.63) is 44.7 Å². The summed E-state index contributed by atoms with van der Waals surface area (Å²) in [4.78, 5) is 6.24. The highest BCUT2D eigenvalue weighted by molar-refractivity contribution is 9.11. The Morgan fingerprint density at radius 3 is 2.76 bits per heavy atom. The predicted molar refractivity (Wildman–Crippen MR) is 75.8 cm³/mol. The number of nitrogens with zero attached hydrogens (tertiary/aromatic N) is 2. The third-order valence-corrected chi connectivity index (χ3v) is 3.93. The first-order valence-corrected chi connectivity index (χ1v) is 6.92. The van der Waals surface area contributed by atoms with Crippen molar-refractivity contribution in [2.75, 3.05) is 12.8 Å². The predicted octanol–water partition coefficient (Wildman–Crippen LogP) is 3.12. The molecule has 0 aliphatic carbocycles. The van der Waals surface area contributed by atoms with Crippen LogP contribution in [0.5, 0.6) is 0 Å². The zero-order valence-electron chi connectivity index (χ0n) is 9.56. The smallest absolute Gasteiger partial charge is 0.123 e. The molecule has 0 aromatic carbocycles. The minimum atomic E-state index is 0.578. The molecule has 0 fully saturated rings. The van der Waals surface area contributed by atoms with Gasteiger partial charge in [-0.25, -0.2) is 4.98 Å². The molecule has 2 N–H and O–H groups in total. The van der Waals surface area contributed by atoms with Crippen molar-refractivity contribution < 1.29 is 0 Å². The summed E-state index contributed by atoms with van der Waals surface area (Å²) in [5.74, 6) is 0.578. The number of aromatic nitrogens is 1. The molecule has 2 aromatic rings. The first kappa shape index (κ1) is 12.5. The lowest BCUT2D eigenvalue weighted by Crippen LogP contribution is -2.17. The molecule has 0 unspecified atom stereocenters. The van der Waals surface area contributed by atoms with Gasteiger partial charge in [0.1, 0.15) is 5.82 Å². The van der Waals surface area contributed by atoms with Gasteiger partial charge in [0.25, 0.3) is 0 Å². The maximum atomic E-state index is 5.66. The van der Waals surface area contributed by atoms with Crippen LogP contribution in [0.25, 0.3) is 0 Å². The van der Waals surface area contributed by atoms with Gasteiger partial charge in [-0.1, -0.05) is 0 Å². The van der Waals surface area contributed by atoms with Gasteiger partial charge in [0.15, 0.2) is 0 Å². The first-order chi connectivity index (χ1) is 8.13. The van der Waals surface area contributed by atoms with E-state index in [1.54, 1.807) is 17.5 Å². The Kier molecular flexibility index (Phi) is 4.15. The molecule has 0 aliphatic heterocycles. The number of halogens is 1. The Labute approximate surface area is 113 Å². The van der Waals surface area contributed by atoms with Crippen molar-refractivity contribution in [1.82, 2.24) is 9.88 Å². The minimum absolute atomic E-state index is 0.578. The summed E-state index contributed by atoms with van der Waals surface area (Å²) in [6, 6.07) is 6.07. The molecule has 0 bridgehead atoms. The maximum Gasteiger partial charge on any atom is 0.123 e. The Bertz CT molecular complexity index is 498. The van der Waals surface area contributed by atoms with Gasteiger partial charge >= 0.3 is 0 Å². The third-order valence-electron chi connectivity index (χ3n) is 2.37. The van der Waals surface area contributed by atoms with E-state index in [-0.39, 0.29) is 0 Å². The van der Waals surface area contributed by atoms with Crippen LogP contribution in [0.1, 0.15) is 11.1 Å². The molecule has 5 heteroatoms. The first-order valence-electron chi connectivity index (χ1n) is 5.25. The second-order valence-corrected chi connectivity index (χ2v) is 6.31. The summed E-state index contributed by atoms with van der Waals surface area (Å²) in [7, 11) is 2.10. The molecule has 90 valence electrons. The summed E-state index contributed by atoms with van der Waals surface area (Å²) in [5, 5.41) is 2.17. The number of nitrogen functional groups attached to an aromatic ring is 1. The van der Waals surface area contributed by atoms with Gasteiger partial charge in [0.05, 0.1) is 3.79 Å². The van der Waals surface area contributed by atoms with Crippen molar-refractivity contribution in [2.24, 2.45) is 0 Å². The molecule has 0 aliphatic rings. The molecule has 2 heterocycles. The van der Waals surface area contributed by atoms with Crippen LogP contribution >= 0.6 is 27.3 Å². The van der Waals surface area contributed by atoms with Gasteiger partial charge in [0.2, 0.25) is 0 Å². The van der Waals surface area contributed by atoms with Crippen LogP contribution in [-0.2, 0) is 13.1 Å². The van der Waals surface area contributed by atoms with E-state index in [4.69, 9.17) is 5.73 Å². The number of pyridine rings is 1. The van der Waals surface area contributed by atoms with E-state index in [1.807, 2.05) is 12.1 Å². The zero-order valence-corrected chi connectivity index (χ0v) is 12.0. The van der Waals surface area contributed by atoms with E-state index in [0.717, 1.165) is 13.1 Å². The van der Waals surface area contributed by atoms with Gasteiger partial charge in [-0.2, -0.15) is 0 Å². The molecule has 0 radical (unpaired) electrons. The van der Waals surface area contributed by atoms with E-state index in [1.165, 1.54) is 14.9 Å². The average Bonchev–Trinajstić information content (AvgIpc) is 2.63. The molecule has 0 atom stereocenters. The lowest BCUT2D eigenvalue weighted by atomic mass is 10.2. The Morgan fingerprint density at radius 1 is 1.35 bits per heavy atom. The van der Waals surface area contributed by atoms with E-state index in [2.05, 4.69) is 44.3 Å². The SMILES string of the molecule is CN(Cc1ccnc(N)c1)Cc1csc(Br)c1. The second-order valence-electron chi connectivity index (χ2n) is 4.02. The van der Waals surface area contributed by atoms with Crippen molar-refractivity contribution in [3.8, 4) is 0 Å². The van der Waals surface area contributed by atoms with Crippen molar-refractivity contribution >= 4 is 33.1 Å². The Balaban J connectivity index is 1.95. The van der Waals surface area contributed by atoms with Crippen LogP contribution in [0, 0.1) is 0 Å². The second kappa shape index (κ2) is 5.62. The summed E-state index contributed by atoms with van der Waals surface area (Å²) < 4.78 is 1.18. The molecular weight excluding hydrogens is 298 g/mol. The lowest BCUT2D eigenvalue weighted by Gasteiger charge is -2.15. The minimum Gasteiger partial charge on any atom is -0.384 e. The molecule has 0 saturated carbocycles. The van der Waals surface area contributed by atoms with E-state index >= 15 is 0 Å². The number of hydrogen-bond donors (Lipinski definition) is 1. The topological polar surface area (TPSA) is 42.2 Å². The van der Waals surface area contributed by atoms with Gasteiger partial charge < -0.3 is 5.73 Å². The highest BCUT2D eigenvalue weighted by atomic mass is 79.9. The third kappa shape index (κ3) is 3.80. The molecule has 2 aromatic heterocycles. The van der Waals surface area contributed by atoms with Crippen LogP contribution in [0.4, 0.5) is 5.82 Å². The van der Waals surface area contributed by atoms with Crippen LogP contribution < -0.4 is 5.73 Å². The van der Waals surface area contributed by atoms with Crippen LogP contribution in [0.15, 0.2) is 33.6 Å². The van der Waals surface area contributed by atoms with Gasteiger partial charge in [0, 0.05) is 19.3 Å². The lowest BCUT2D eigenvalue weighted by molar-refractivity contribution is 0.319. The number of rotatable bonds is 4. The summed E-state index contributed by atoms with van der Waals surface area (Å²) in [5.41, 5.74) is 8.17. The highest BCUT2D eigenvalue weighted by Gasteiger charge is 2.04. The van der Waals surface area contributed by atoms with Crippen LogP contribution in [0.2, 0.25) is 0 Å². The fourth-order valence-electron chi connectivity index (χ4n) is 1.70. The molecule has 0 spiro atoms. The molecule has 0 amide bonds. The van der Waals surface area contributed by atoms with Gasteiger partial charge in [-0.15, -0.1) is 11.3 Å². The van der Waals surface area contributed by atoms with E-state index in [0.29, 0.717) is 5.82 Å².